The summed E-state index contributed by atoms with van der Waals surface area (Å²) in [6.45, 7) is 8.04. The minimum Gasteiger partial charge on any atom is -0.385 e. The van der Waals surface area contributed by atoms with Gasteiger partial charge in [0.2, 0.25) is 0 Å². The van der Waals surface area contributed by atoms with Crippen LogP contribution in [-0.4, -0.2) is 34.9 Å². The van der Waals surface area contributed by atoms with E-state index in [1.54, 1.807) is 6.20 Å². The molecule has 1 aromatic heterocycles. The molecular weight excluding hydrogens is 262 g/mol. The molecule has 1 fully saturated rings. The Kier molecular flexibility index (Phi) is 5.59. The van der Waals surface area contributed by atoms with Crippen LogP contribution in [0.4, 0.5) is 5.69 Å². The quantitative estimate of drug-likeness (QED) is 0.871. The van der Waals surface area contributed by atoms with Crippen molar-refractivity contribution in [3.63, 3.8) is 0 Å². The molecule has 21 heavy (non-hydrogen) atoms. The second-order valence-electron chi connectivity index (χ2n) is 6.25. The van der Waals surface area contributed by atoms with Crippen molar-refractivity contribution in [2.75, 3.05) is 18.4 Å². The molecule has 1 aliphatic carbocycles. The summed E-state index contributed by atoms with van der Waals surface area (Å²) in [5, 5.41) is 3.24. The largest absolute Gasteiger partial charge is 0.385 e. The summed E-state index contributed by atoms with van der Waals surface area (Å²) in [5.74, 6) is 0.557. The minimum absolute atomic E-state index is 0.0790. The van der Waals surface area contributed by atoms with Crippen LogP contribution in [-0.2, 0) is 0 Å². The van der Waals surface area contributed by atoms with Crippen LogP contribution in [0.15, 0.2) is 18.3 Å². The second kappa shape index (κ2) is 7.43. The number of anilines is 1. The number of nitrogens with one attached hydrogen (secondary N) is 1. The highest BCUT2D eigenvalue weighted by Crippen LogP contribution is 2.25. The molecule has 1 amide bonds. The van der Waals surface area contributed by atoms with Crippen LogP contribution in [0.1, 0.15) is 56.9 Å². The molecule has 1 aliphatic rings. The van der Waals surface area contributed by atoms with E-state index in [0.29, 0.717) is 17.7 Å². The molecule has 0 aromatic carbocycles. The third-order valence-corrected chi connectivity index (χ3v) is 3.95. The summed E-state index contributed by atoms with van der Waals surface area (Å²) in [6.07, 6.45) is 6.44. The van der Waals surface area contributed by atoms with Crippen molar-refractivity contribution in [3.8, 4) is 0 Å². The van der Waals surface area contributed by atoms with E-state index in [1.807, 2.05) is 19.1 Å². The lowest BCUT2D eigenvalue weighted by Crippen LogP contribution is -2.41. The maximum absolute atomic E-state index is 12.9. The number of amides is 1. The van der Waals surface area contributed by atoms with Gasteiger partial charge in [0.05, 0.1) is 0 Å². The summed E-state index contributed by atoms with van der Waals surface area (Å²) in [7, 11) is 0. The van der Waals surface area contributed by atoms with E-state index < -0.39 is 0 Å². The van der Waals surface area contributed by atoms with Gasteiger partial charge < -0.3 is 10.2 Å². The zero-order valence-corrected chi connectivity index (χ0v) is 13.4. The van der Waals surface area contributed by atoms with Crippen molar-refractivity contribution >= 4 is 11.6 Å². The van der Waals surface area contributed by atoms with Gasteiger partial charge in [-0.3, -0.25) is 9.78 Å². The van der Waals surface area contributed by atoms with Crippen LogP contribution in [0.25, 0.3) is 0 Å². The number of hydrogen-bond acceptors (Lipinski definition) is 3. The van der Waals surface area contributed by atoms with Gasteiger partial charge >= 0.3 is 0 Å². The molecule has 0 atom stereocenters. The van der Waals surface area contributed by atoms with Gasteiger partial charge in [-0.2, -0.15) is 0 Å². The van der Waals surface area contributed by atoms with Gasteiger partial charge in [0.15, 0.2) is 0 Å². The van der Waals surface area contributed by atoms with E-state index in [0.717, 1.165) is 31.6 Å². The fourth-order valence-electron chi connectivity index (χ4n) is 3.02. The molecule has 0 bridgehead atoms. The van der Waals surface area contributed by atoms with Gasteiger partial charge in [-0.05, 0) is 37.8 Å². The zero-order chi connectivity index (χ0) is 15.2. The highest BCUT2D eigenvalue weighted by Gasteiger charge is 2.28. The smallest absolute Gasteiger partial charge is 0.272 e. The van der Waals surface area contributed by atoms with Crippen molar-refractivity contribution in [2.24, 2.45) is 5.92 Å². The van der Waals surface area contributed by atoms with Crippen LogP contribution >= 0.6 is 0 Å². The van der Waals surface area contributed by atoms with Gasteiger partial charge in [0.1, 0.15) is 5.69 Å². The summed E-state index contributed by atoms with van der Waals surface area (Å²) >= 11 is 0. The number of pyridine rings is 1. The Hall–Kier alpha value is -1.58. The van der Waals surface area contributed by atoms with E-state index in [-0.39, 0.29) is 5.91 Å². The first kappa shape index (κ1) is 15.8. The molecule has 0 saturated heterocycles. The number of hydrogen-bond donors (Lipinski definition) is 1. The molecule has 0 aliphatic heterocycles. The fraction of sp³-hybridized carbons (Fsp3) is 0.647. The lowest BCUT2D eigenvalue weighted by atomic mass is 10.1. The first-order valence-electron chi connectivity index (χ1n) is 8.12. The van der Waals surface area contributed by atoms with E-state index in [1.165, 1.54) is 12.8 Å². The normalized spacial score (nSPS) is 15.4. The molecule has 1 heterocycles. The summed E-state index contributed by atoms with van der Waals surface area (Å²) < 4.78 is 0. The minimum atomic E-state index is 0.0790. The van der Waals surface area contributed by atoms with E-state index in [9.17, 15) is 4.79 Å². The molecular formula is C17H27N3O. The maximum atomic E-state index is 12.9. The summed E-state index contributed by atoms with van der Waals surface area (Å²) in [6, 6.07) is 4.17. The molecule has 116 valence electrons. The third-order valence-electron chi connectivity index (χ3n) is 3.95. The second-order valence-corrected chi connectivity index (χ2v) is 6.25. The van der Waals surface area contributed by atoms with Crippen LogP contribution in [0, 0.1) is 5.92 Å². The molecule has 2 rings (SSSR count). The molecule has 1 N–H and O–H groups in total. The SMILES string of the molecule is CCNc1ccnc(C(=O)N(CC(C)C)C2CCCC2)c1. The highest BCUT2D eigenvalue weighted by molar-refractivity contribution is 5.93. The number of carbonyl (C=O) groups excluding carboxylic acids is 1. The molecule has 1 aromatic rings. The number of rotatable bonds is 6. The Balaban J connectivity index is 2.18. The van der Waals surface area contributed by atoms with Crippen LogP contribution in [0.2, 0.25) is 0 Å². The zero-order valence-electron chi connectivity index (χ0n) is 13.4. The van der Waals surface area contributed by atoms with Gasteiger partial charge in [-0.1, -0.05) is 26.7 Å². The number of carbonyl (C=O) groups is 1. The molecule has 0 radical (unpaired) electrons. The predicted octanol–water partition coefficient (Wildman–Crippen LogP) is 3.55. The Morgan fingerprint density at radius 3 is 2.76 bits per heavy atom. The summed E-state index contributed by atoms with van der Waals surface area (Å²) in [4.78, 5) is 19.2. The first-order valence-corrected chi connectivity index (χ1v) is 8.12. The number of nitrogens with zero attached hydrogens (tertiary/aromatic N) is 2. The Morgan fingerprint density at radius 1 is 1.43 bits per heavy atom. The molecule has 4 nitrogen and oxygen atoms in total. The molecule has 1 saturated carbocycles. The van der Waals surface area contributed by atoms with Gasteiger partial charge in [0.25, 0.3) is 5.91 Å². The standard InChI is InChI=1S/C17H27N3O/c1-4-18-14-9-10-19-16(11-14)17(21)20(12-13(2)3)15-7-5-6-8-15/h9-11,13,15H,4-8,12H2,1-3H3,(H,18,19). The predicted molar refractivity (Wildman–Crippen MR) is 86.5 cm³/mol. The molecule has 0 spiro atoms. The lowest BCUT2D eigenvalue weighted by Gasteiger charge is -2.30. The van der Waals surface area contributed by atoms with Gasteiger partial charge in [-0.25, -0.2) is 0 Å². The first-order chi connectivity index (χ1) is 10.1. The van der Waals surface area contributed by atoms with Crippen molar-refractivity contribution in [2.45, 2.75) is 52.5 Å². The topological polar surface area (TPSA) is 45.2 Å². The average molecular weight is 289 g/mol. The number of aromatic nitrogens is 1. The van der Waals surface area contributed by atoms with E-state index in [2.05, 4.69) is 29.0 Å². The van der Waals surface area contributed by atoms with Crippen LogP contribution < -0.4 is 5.32 Å². The Labute approximate surface area is 127 Å². The summed E-state index contributed by atoms with van der Waals surface area (Å²) in [5.41, 5.74) is 1.52. The maximum Gasteiger partial charge on any atom is 0.272 e. The van der Waals surface area contributed by atoms with E-state index >= 15 is 0 Å². The lowest BCUT2D eigenvalue weighted by molar-refractivity contribution is 0.0649. The van der Waals surface area contributed by atoms with Crippen molar-refractivity contribution in [1.29, 1.82) is 0 Å². The van der Waals surface area contributed by atoms with Crippen LogP contribution in [0.5, 0.6) is 0 Å². The average Bonchev–Trinajstić information content (AvgIpc) is 2.98. The van der Waals surface area contributed by atoms with Gasteiger partial charge in [-0.15, -0.1) is 0 Å². The van der Waals surface area contributed by atoms with Crippen LogP contribution in [0.3, 0.4) is 0 Å². The third kappa shape index (κ3) is 4.19. The van der Waals surface area contributed by atoms with Crippen molar-refractivity contribution in [1.82, 2.24) is 9.88 Å². The Morgan fingerprint density at radius 2 is 2.14 bits per heavy atom. The highest BCUT2D eigenvalue weighted by atomic mass is 16.2. The van der Waals surface area contributed by atoms with Crippen molar-refractivity contribution < 1.29 is 4.79 Å². The van der Waals surface area contributed by atoms with Crippen molar-refractivity contribution in [3.05, 3.63) is 24.0 Å². The Bertz CT molecular complexity index is 467. The molecule has 0 unspecified atom stereocenters. The molecule has 4 heteroatoms. The van der Waals surface area contributed by atoms with E-state index in [4.69, 9.17) is 0 Å². The monoisotopic (exact) mass is 289 g/mol. The van der Waals surface area contributed by atoms with Gasteiger partial charge in [0, 0.05) is 31.0 Å². The fourth-order valence-corrected chi connectivity index (χ4v) is 3.02.